The third kappa shape index (κ3) is 4.78. The summed E-state index contributed by atoms with van der Waals surface area (Å²) < 4.78 is 41.8. The van der Waals surface area contributed by atoms with Crippen molar-refractivity contribution in [2.24, 2.45) is 29.1 Å². The lowest BCUT2D eigenvalue weighted by molar-refractivity contribution is -0.188. The molecule has 8 heteroatoms. The zero-order valence-electron chi connectivity index (χ0n) is 18.9. The van der Waals surface area contributed by atoms with E-state index in [9.17, 15) is 4.79 Å². The molecule has 0 bridgehead atoms. The van der Waals surface area contributed by atoms with Crippen molar-refractivity contribution in [3.05, 3.63) is 18.7 Å². The van der Waals surface area contributed by atoms with Gasteiger partial charge in [0, 0.05) is 12.4 Å². The summed E-state index contributed by atoms with van der Waals surface area (Å²) in [6.45, 7) is 8.04. The van der Waals surface area contributed by atoms with Gasteiger partial charge in [0.15, 0.2) is 6.10 Å². The third-order valence-electron chi connectivity index (χ3n) is 7.73. The van der Waals surface area contributed by atoms with Gasteiger partial charge in [0.25, 0.3) is 5.17 Å². The van der Waals surface area contributed by atoms with Crippen LogP contribution in [0.5, 0.6) is 0 Å². The number of ether oxygens (including phenoxy) is 2. The molecule has 0 amide bonds. The van der Waals surface area contributed by atoms with Crippen LogP contribution in [0.2, 0.25) is 0 Å². The summed E-state index contributed by atoms with van der Waals surface area (Å²) in [5, 5.41) is -0.152. The van der Waals surface area contributed by atoms with Gasteiger partial charge in [-0.15, -0.1) is 0 Å². The Hall–Kier alpha value is -1.57. The molecule has 2 aliphatic carbocycles. The molecule has 31 heavy (non-hydrogen) atoms. The summed E-state index contributed by atoms with van der Waals surface area (Å²) in [7, 11) is 0. The van der Waals surface area contributed by atoms with Crippen LogP contribution in [0.25, 0.3) is 0 Å². The number of imidazole rings is 1. The van der Waals surface area contributed by atoms with Crippen LogP contribution in [-0.4, -0.2) is 39.3 Å². The monoisotopic (exact) mass is 456 g/mol. The number of nitrogens with zero attached hydrogens (tertiary/aromatic N) is 2. The van der Waals surface area contributed by atoms with Gasteiger partial charge in [0.2, 0.25) is 0 Å². The molecule has 1 aromatic heterocycles. The van der Waals surface area contributed by atoms with Gasteiger partial charge < -0.3 is 9.47 Å². The first-order chi connectivity index (χ1) is 14.6. The highest BCUT2D eigenvalue weighted by molar-refractivity contribution is 7.80. The van der Waals surface area contributed by atoms with Crippen LogP contribution in [-0.2, 0) is 14.3 Å². The Morgan fingerprint density at radius 1 is 1.39 bits per heavy atom. The van der Waals surface area contributed by atoms with E-state index in [-0.39, 0.29) is 29.5 Å². The van der Waals surface area contributed by atoms with Crippen molar-refractivity contribution in [1.82, 2.24) is 9.55 Å². The molecule has 2 saturated carbocycles. The number of carbonyl (C=O) groups is 1. The molecule has 4 unspecified atom stereocenters. The first-order valence-electron chi connectivity index (χ1n) is 11.3. The highest BCUT2D eigenvalue weighted by Crippen LogP contribution is 2.60. The zero-order valence-corrected chi connectivity index (χ0v) is 19.7. The summed E-state index contributed by atoms with van der Waals surface area (Å²) in [4.78, 5) is 16.0. The van der Waals surface area contributed by atoms with Crippen molar-refractivity contribution in [3.63, 3.8) is 0 Å². The second-order valence-corrected chi connectivity index (χ2v) is 9.91. The number of alkyl halides is 2. The van der Waals surface area contributed by atoms with Gasteiger partial charge in [0.05, 0.1) is 6.61 Å². The van der Waals surface area contributed by atoms with Gasteiger partial charge >= 0.3 is 11.9 Å². The molecule has 2 aliphatic rings. The largest absolute Gasteiger partial charge is 0.461 e. The second kappa shape index (κ2) is 9.51. The molecule has 0 radical (unpaired) electrons. The smallest absolute Gasteiger partial charge is 0.381 e. The number of carbonyl (C=O) groups excluding carboxylic acids is 1. The molecule has 174 valence electrons. The maximum Gasteiger partial charge on any atom is 0.381 e. The number of rotatable bonds is 7. The molecule has 0 aromatic carbocycles. The van der Waals surface area contributed by atoms with Crippen molar-refractivity contribution in [2.75, 3.05) is 6.61 Å². The fourth-order valence-electron chi connectivity index (χ4n) is 6.22. The second-order valence-electron chi connectivity index (χ2n) is 9.56. The molecule has 0 spiro atoms. The minimum absolute atomic E-state index is 0.0298. The Labute approximate surface area is 188 Å². The highest BCUT2D eigenvalue weighted by atomic mass is 32.1. The van der Waals surface area contributed by atoms with Gasteiger partial charge in [-0.2, -0.15) is 8.78 Å². The average Bonchev–Trinajstić information content (AvgIpc) is 3.35. The molecule has 1 aromatic rings. The predicted molar refractivity (Wildman–Crippen MR) is 118 cm³/mol. The van der Waals surface area contributed by atoms with Crippen LogP contribution in [0, 0.1) is 29.1 Å². The fourth-order valence-corrected chi connectivity index (χ4v) is 6.44. The van der Waals surface area contributed by atoms with Crippen LogP contribution in [0.4, 0.5) is 8.78 Å². The number of thiocarbonyl (C=S) groups is 1. The van der Waals surface area contributed by atoms with E-state index in [0.29, 0.717) is 17.8 Å². The molecule has 0 aliphatic heterocycles. The van der Waals surface area contributed by atoms with Crippen molar-refractivity contribution in [3.8, 4) is 0 Å². The first kappa shape index (κ1) is 24.1. The van der Waals surface area contributed by atoms with Crippen LogP contribution in [0.1, 0.15) is 66.2 Å². The minimum atomic E-state index is -3.80. The molecular weight excluding hydrogens is 422 g/mol. The van der Waals surface area contributed by atoms with Gasteiger partial charge in [-0.05, 0) is 73.9 Å². The topological polar surface area (TPSA) is 53.4 Å². The lowest BCUT2D eigenvalue weighted by Gasteiger charge is -2.46. The number of hydrogen-bond donors (Lipinski definition) is 0. The highest BCUT2D eigenvalue weighted by Gasteiger charge is 2.55. The number of aromatic nitrogens is 2. The maximum absolute atomic E-state index is 15.1. The van der Waals surface area contributed by atoms with Crippen LogP contribution in [0.3, 0.4) is 0 Å². The molecule has 0 N–H and O–H groups in total. The van der Waals surface area contributed by atoms with Gasteiger partial charge in [0.1, 0.15) is 6.33 Å². The van der Waals surface area contributed by atoms with Crippen molar-refractivity contribution in [2.45, 2.75) is 78.2 Å². The normalized spacial score (nSPS) is 30.3. The third-order valence-corrected chi connectivity index (χ3v) is 8.03. The molecular formula is C23H34F2N2O3S. The first-order valence-corrected chi connectivity index (χ1v) is 11.8. The minimum Gasteiger partial charge on any atom is -0.461 e. The summed E-state index contributed by atoms with van der Waals surface area (Å²) >= 11 is 5.20. The number of hydrogen-bond acceptors (Lipinski definition) is 5. The lowest BCUT2D eigenvalue weighted by atomic mass is 9.59. The lowest BCUT2D eigenvalue weighted by Crippen LogP contribution is -2.47. The summed E-state index contributed by atoms with van der Waals surface area (Å²) in [6, 6.07) is 0. The Morgan fingerprint density at radius 2 is 2.13 bits per heavy atom. The van der Waals surface area contributed by atoms with Crippen LogP contribution < -0.4 is 0 Å². The SMILES string of the molecule is CCOC(=O)C(F)(F)C(CC(C)C1CCC2[C@@H](C)CCC[C@]12C)OC(=S)n1ccnc1. The fraction of sp³-hybridized carbons (Fsp3) is 0.783. The standard InChI is InChI=1S/C23H34F2N2O3S/c1-5-29-20(28)23(24,25)19(30-21(31)27-12-11-26-14-27)13-16(3)18-9-8-17-15(2)7-6-10-22(17,18)4/h11-12,14-19H,5-10,13H2,1-4H3/t15-,16?,17?,18?,19?,22-/m0/s1. The van der Waals surface area contributed by atoms with E-state index < -0.39 is 18.0 Å². The van der Waals surface area contributed by atoms with Gasteiger partial charge in [-0.3, -0.25) is 4.57 Å². The zero-order chi connectivity index (χ0) is 22.8. The molecule has 2 fully saturated rings. The Kier molecular flexibility index (Phi) is 7.39. The molecule has 3 rings (SSSR count). The van der Waals surface area contributed by atoms with E-state index in [1.807, 2.05) is 6.92 Å². The quantitative estimate of drug-likeness (QED) is 0.402. The molecule has 5 nitrogen and oxygen atoms in total. The average molecular weight is 457 g/mol. The molecule has 0 saturated heterocycles. The number of esters is 1. The Balaban J connectivity index is 1.80. The number of halogens is 2. The Bertz CT molecular complexity index is 773. The predicted octanol–water partition coefficient (Wildman–Crippen LogP) is 5.48. The van der Waals surface area contributed by atoms with E-state index >= 15 is 8.78 Å². The van der Waals surface area contributed by atoms with Crippen molar-refractivity contribution < 1.29 is 23.0 Å². The van der Waals surface area contributed by atoms with Crippen LogP contribution in [0.15, 0.2) is 18.7 Å². The van der Waals surface area contributed by atoms with E-state index in [1.165, 1.54) is 43.1 Å². The summed E-state index contributed by atoms with van der Waals surface area (Å²) in [5.41, 5.74) is 0.145. The summed E-state index contributed by atoms with van der Waals surface area (Å²) in [5.74, 6) is -3.80. The van der Waals surface area contributed by atoms with E-state index in [2.05, 4.69) is 23.6 Å². The van der Waals surface area contributed by atoms with Gasteiger partial charge in [-0.25, -0.2) is 9.78 Å². The van der Waals surface area contributed by atoms with E-state index in [0.717, 1.165) is 19.3 Å². The van der Waals surface area contributed by atoms with Crippen molar-refractivity contribution in [1.29, 1.82) is 0 Å². The molecule has 6 atom stereocenters. The summed E-state index contributed by atoms with van der Waals surface area (Å²) in [6.07, 6.45) is 8.45. The maximum atomic E-state index is 15.1. The van der Waals surface area contributed by atoms with E-state index in [4.69, 9.17) is 17.0 Å². The molecule has 1 heterocycles. The van der Waals surface area contributed by atoms with E-state index in [1.54, 1.807) is 0 Å². The van der Waals surface area contributed by atoms with Gasteiger partial charge in [-0.1, -0.05) is 33.6 Å². The van der Waals surface area contributed by atoms with Crippen LogP contribution >= 0.6 is 12.2 Å². The number of fused-ring (bicyclic) bond motifs is 1. The Morgan fingerprint density at radius 3 is 2.77 bits per heavy atom. The van der Waals surface area contributed by atoms with Crippen molar-refractivity contribution >= 4 is 23.4 Å².